The fourth-order valence-electron chi connectivity index (χ4n) is 2.48. The van der Waals surface area contributed by atoms with Crippen LogP contribution >= 0.6 is 0 Å². The molecular formula is C21H19N5O2. The zero-order valence-corrected chi connectivity index (χ0v) is 15.3. The van der Waals surface area contributed by atoms with Crippen LogP contribution in [0.2, 0.25) is 0 Å². The summed E-state index contributed by atoms with van der Waals surface area (Å²) in [4.78, 5) is 32.1. The first-order valence-corrected chi connectivity index (χ1v) is 8.54. The van der Waals surface area contributed by atoms with Crippen molar-refractivity contribution in [1.82, 2.24) is 9.97 Å². The Balaban J connectivity index is 1.66. The van der Waals surface area contributed by atoms with Gasteiger partial charge in [0.1, 0.15) is 0 Å². The smallest absolute Gasteiger partial charge is 0.256 e. The Morgan fingerprint density at radius 2 is 1.64 bits per heavy atom. The third-order valence-electron chi connectivity index (χ3n) is 3.87. The van der Waals surface area contributed by atoms with Crippen molar-refractivity contribution in [2.45, 2.75) is 6.92 Å². The van der Waals surface area contributed by atoms with E-state index in [1.54, 1.807) is 24.3 Å². The van der Waals surface area contributed by atoms with Crippen LogP contribution in [0.3, 0.4) is 0 Å². The van der Waals surface area contributed by atoms with Gasteiger partial charge in [0.15, 0.2) is 0 Å². The van der Waals surface area contributed by atoms with E-state index in [1.165, 1.54) is 18.5 Å². The summed E-state index contributed by atoms with van der Waals surface area (Å²) < 4.78 is 0. The molecular weight excluding hydrogens is 354 g/mol. The number of aromatic nitrogens is 2. The van der Waals surface area contributed by atoms with Gasteiger partial charge < -0.3 is 16.0 Å². The van der Waals surface area contributed by atoms with E-state index in [0.29, 0.717) is 28.6 Å². The topological polar surface area (TPSA) is 96.0 Å². The molecule has 0 spiro atoms. The van der Waals surface area contributed by atoms with Crippen molar-refractivity contribution in [3.05, 3.63) is 84.7 Å². The Bertz CT molecular complexity index is 1020. The third-order valence-corrected chi connectivity index (χ3v) is 3.87. The maximum atomic E-state index is 12.3. The predicted octanol–water partition coefficient (Wildman–Crippen LogP) is 3.91. The summed E-state index contributed by atoms with van der Waals surface area (Å²) in [5, 5.41) is 8.51. The van der Waals surface area contributed by atoms with E-state index in [1.807, 2.05) is 31.2 Å². The van der Waals surface area contributed by atoms with Crippen LogP contribution in [0, 0.1) is 6.92 Å². The van der Waals surface area contributed by atoms with Crippen LogP contribution in [-0.2, 0) is 4.79 Å². The summed E-state index contributed by atoms with van der Waals surface area (Å²) in [6, 6.07) is 14.5. The van der Waals surface area contributed by atoms with Crippen LogP contribution in [-0.4, -0.2) is 21.8 Å². The Morgan fingerprint density at radius 1 is 0.929 bits per heavy atom. The van der Waals surface area contributed by atoms with Gasteiger partial charge in [-0.2, -0.15) is 0 Å². The van der Waals surface area contributed by atoms with Gasteiger partial charge in [-0.15, -0.1) is 0 Å². The number of amides is 2. The largest absolute Gasteiger partial charge is 0.324 e. The van der Waals surface area contributed by atoms with Crippen molar-refractivity contribution in [1.29, 1.82) is 0 Å². The number of nitrogens with zero attached hydrogens (tertiary/aromatic N) is 2. The van der Waals surface area contributed by atoms with Gasteiger partial charge in [-0.1, -0.05) is 30.8 Å². The first-order valence-electron chi connectivity index (χ1n) is 8.54. The zero-order chi connectivity index (χ0) is 19.9. The van der Waals surface area contributed by atoms with Crippen LogP contribution in [0.25, 0.3) is 0 Å². The van der Waals surface area contributed by atoms with Crippen molar-refractivity contribution in [2.75, 3.05) is 16.0 Å². The molecule has 2 aromatic carbocycles. The molecule has 1 heterocycles. The molecule has 0 aliphatic heterocycles. The summed E-state index contributed by atoms with van der Waals surface area (Å²) in [6.45, 7) is 5.30. The van der Waals surface area contributed by atoms with Gasteiger partial charge in [-0.05, 0) is 42.8 Å². The highest BCUT2D eigenvalue weighted by Crippen LogP contribution is 2.19. The fourth-order valence-corrected chi connectivity index (χ4v) is 2.48. The summed E-state index contributed by atoms with van der Waals surface area (Å²) in [5.41, 5.74) is 3.31. The highest BCUT2D eigenvalue weighted by molar-refractivity contribution is 6.05. The molecule has 3 N–H and O–H groups in total. The standard InChI is InChI=1S/C21H19N5O2/c1-3-19(27)24-15-8-6-9-16(11-15)26-21-22-12-17(13-23-21)25-20(28)18-10-5-4-7-14(18)2/h3-13H,1H2,2H3,(H,24,27)(H,25,28)(H,22,23,26). The second-order valence-corrected chi connectivity index (χ2v) is 5.96. The SMILES string of the molecule is C=CC(=O)Nc1cccc(Nc2ncc(NC(=O)c3ccccc3C)cn2)c1. The molecule has 0 saturated heterocycles. The number of hydrogen-bond donors (Lipinski definition) is 3. The molecule has 2 amide bonds. The molecule has 0 aliphatic carbocycles. The molecule has 0 aliphatic rings. The second-order valence-electron chi connectivity index (χ2n) is 5.96. The molecule has 28 heavy (non-hydrogen) atoms. The number of anilines is 4. The third kappa shape index (κ3) is 4.79. The maximum absolute atomic E-state index is 12.3. The molecule has 0 bridgehead atoms. The number of aryl methyl sites for hydroxylation is 1. The first-order chi connectivity index (χ1) is 13.5. The predicted molar refractivity (Wildman–Crippen MR) is 110 cm³/mol. The van der Waals surface area contributed by atoms with E-state index in [2.05, 4.69) is 32.5 Å². The molecule has 3 aromatic rings. The van der Waals surface area contributed by atoms with Crippen LogP contribution in [0.5, 0.6) is 0 Å². The molecule has 7 heteroatoms. The molecule has 0 saturated carbocycles. The lowest BCUT2D eigenvalue weighted by atomic mass is 10.1. The maximum Gasteiger partial charge on any atom is 0.256 e. The van der Waals surface area contributed by atoms with Crippen molar-refractivity contribution >= 4 is 34.8 Å². The molecule has 0 fully saturated rings. The van der Waals surface area contributed by atoms with E-state index in [0.717, 1.165) is 5.56 Å². The minimum absolute atomic E-state index is 0.215. The summed E-state index contributed by atoms with van der Waals surface area (Å²) in [6.07, 6.45) is 4.25. The van der Waals surface area contributed by atoms with Crippen LogP contribution in [0.15, 0.2) is 73.6 Å². The quantitative estimate of drug-likeness (QED) is 0.570. The lowest BCUT2D eigenvalue weighted by molar-refractivity contribution is -0.111. The molecule has 1 aromatic heterocycles. The van der Waals surface area contributed by atoms with Crippen molar-refractivity contribution in [2.24, 2.45) is 0 Å². The van der Waals surface area contributed by atoms with E-state index >= 15 is 0 Å². The van der Waals surface area contributed by atoms with Crippen molar-refractivity contribution in [3.63, 3.8) is 0 Å². The molecule has 0 atom stereocenters. The normalized spacial score (nSPS) is 10.0. The highest BCUT2D eigenvalue weighted by atomic mass is 16.2. The van der Waals surface area contributed by atoms with Crippen LogP contribution in [0.1, 0.15) is 15.9 Å². The number of hydrogen-bond acceptors (Lipinski definition) is 5. The molecule has 0 radical (unpaired) electrons. The number of carbonyl (C=O) groups is 2. The van der Waals surface area contributed by atoms with Crippen LogP contribution in [0.4, 0.5) is 23.0 Å². The number of benzene rings is 2. The first kappa shape index (κ1) is 18.8. The monoisotopic (exact) mass is 373 g/mol. The van der Waals surface area contributed by atoms with E-state index in [-0.39, 0.29) is 11.8 Å². The van der Waals surface area contributed by atoms with Gasteiger partial charge in [-0.25, -0.2) is 9.97 Å². The van der Waals surface area contributed by atoms with Gasteiger partial charge in [-0.3, -0.25) is 9.59 Å². The van der Waals surface area contributed by atoms with Gasteiger partial charge in [0, 0.05) is 16.9 Å². The number of carbonyl (C=O) groups excluding carboxylic acids is 2. The second kappa shape index (κ2) is 8.59. The molecule has 140 valence electrons. The minimum atomic E-state index is -0.290. The minimum Gasteiger partial charge on any atom is -0.324 e. The van der Waals surface area contributed by atoms with Gasteiger partial charge in [0.2, 0.25) is 11.9 Å². The molecule has 0 unspecified atom stereocenters. The fraction of sp³-hybridized carbons (Fsp3) is 0.0476. The summed E-state index contributed by atoms with van der Waals surface area (Å²) in [7, 11) is 0. The Kier molecular flexibility index (Phi) is 5.76. The molecule has 7 nitrogen and oxygen atoms in total. The van der Waals surface area contributed by atoms with E-state index in [4.69, 9.17) is 0 Å². The number of nitrogens with one attached hydrogen (secondary N) is 3. The van der Waals surface area contributed by atoms with Gasteiger partial charge >= 0.3 is 0 Å². The van der Waals surface area contributed by atoms with Crippen molar-refractivity contribution in [3.8, 4) is 0 Å². The van der Waals surface area contributed by atoms with E-state index in [9.17, 15) is 9.59 Å². The van der Waals surface area contributed by atoms with Gasteiger partial charge in [0.05, 0.1) is 18.1 Å². The Morgan fingerprint density at radius 3 is 2.36 bits per heavy atom. The lowest BCUT2D eigenvalue weighted by Crippen LogP contribution is -2.13. The molecule has 3 rings (SSSR count). The van der Waals surface area contributed by atoms with Crippen molar-refractivity contribution < 1.29 is 9.59 Å². The average Bonchev–Trinajstić information content (AvgIpc) is 2.70. The summed E-state index contributed by atoms with van der Waals surface area (Å²) >= 11 is 0. The Labute approximate surface area is 162 Å². The van der Waals surface area contributed by atoms with Gasteiger partial charge in [0.25, 0.3) is 5.91 Å². The Hall–Kier alpha value is -4.00. The number of rotatable bonds is 6. The van der Waals surface area contributed by atoms with E-state index < -0.39 is 0 Å². The zero-order valence-electron chi connectivity index (χ0n) is 15.3. The average molecular weight is 373 g/mol. The lowest BCUT2D eigenvalue weighted by Gasteiger charge is -2.09. The van der Waals surface area contributed by atoms with Crippen LogP contribution < -0.4 is 16.0 Å². The highest BCUT2D eigenvalue weighted by Gasteiger charge is 2.09. The summed E-state index contributed by atoms with van der Waals surface area (Å²) in [5.74, 6) is -0.142.